The van der Waals surface area contributed by atoms with E-state index in [9.17, 15) is 9.90 Å². The fourth-order valence-electron chi connectivity index (χ4n) is 3.08. The fraction of sp³-hybridized carbons (Fsp3) is 0.0800. The molecular formula is C25H21ClN4O4. The smallest absolute Gasteiger partial charge is 0.289 e. The number of hydrogen-bond donors (Lipinski definition) is 3. The number of hydrogen-bond acceptors (Lipinski definition) is 6. The van der Waals surface area contributed by atoms with Crippen LogP contribution in [0, 0.1) is 0 Å². The van der Waals surface area contributed by atoms with Crippen LogP contribution in [0.5, 0.6) is 17.2 Å². The van der Waals surface area contributed by atoms with Crippen LogP contribution in [-0.2, 0) is 6.61 Å². The van der Waals surface area contributed by atoms with Crippen LogP contribution >= 0.6 is 11.6 Å². The van der Waals surface area contributed by atoms with Crippen LogP contribution in [0.25, 0.3) is 11.3 Å². The molecule has 0 spiro atoms. The minimum atomic E-state index is -0.444. The zero-order chi connectivity index (χ0) is 23.9. The van der Waals surface area contributed by atoms with Crippen molar-refractivity contribution in [2.75, 3.05) is 7.11 Å². The standard InChI is InChI=1S/C25H21ClN4O4/c1-33-24-12-16(6-11-23(24)31)14-27-30-25(32)22-13-21(28-29-22)17-7-9-19(10-8-17)34-15-18-4-2-3-5-20(18)26/h2-14,31H,15H2,1H3,(H,28,29)(H,30,32)/b27-14+. The molecule has 0 aliphatic rings. The minimum Gasteiger partial charge on any atom is -0.504 e. The Morgan fingerprint density at radius 1 is 1.15 bits per heavy atom. The van der Waals surface area contributed by atoms with Crippen LogP contribution in [-0.4, -0.2) is 34.5 Å². The maximum Gasteiger partial charge on any atom is 0.289 e. The predicted molar refractivity (Wildman–Crippen MR) is 130 cm³/mol. The molecule has 0 aliphatic carbocycles. The third kappa shape index (κ3) is 5.54. The quantitative estimate of drug-likeness (QED) is 0.250. The minimum absolute atomic E-state index is 0.0221. The number of phenolic OH excluding ortho intramolecular Hbond substituents is 1. The lowest BCUT2D eigenvalue weighted by atomic mass is 10.1. The number of hydrazone groups is 1. The van der Waals surface area contributed by atoms with Crippen LogP contribution in [0.3, 0.4) is 0 Å². The van der Waals surface area contributed by atoms with E-state index >= 15 is 0 Å². The van der Waals surface area contributed by atoms with Crippen LogP contribution < -0.4 is 14.9 Å². The summed E-state index contributed by atoms with van der Waals surface area (Å²) >= 11 is 6.16. The van der Waals surface area contributed by atoms with Gasteiger partial charge in [0.2, 0.25) is 0 Å². The summed E-state index contributed by atoms with van der Waals surface area (Å²) in [6.07, 6.45) is 1.44. The lowest BCUT2D eigenvalue weighted by Crippen LogP contribution is -2.18. The summed E-state index contributed by atoms with van der Waals surface area (Å²) in [7, 11) is 1.45. The van der Waals surface area contributed by atoms with Gasteiger partial charge in [0.25, 0.3) is 5.91 Å². The highest BCUT2D eigenvalue weighted by Gasteiger charge is 2.11. The number of ether oxygens (including phenoxy) is 2. The van der Waals surface area contributed by atoms with Gasteiger partial charge in [-0.3, -0.25) is 9.89 Å². The van der Waals surface area contributed by atoms with Crippen molar-refractivity contribution in [3.05, 3.63) is 94.6 Å². The molecule has 4 rings (SSSR count). The molecule has 0 fully saturated rings. The van der Waals surface area contributed by atoms with Gasteiger partial charge in [0.1, 0.15) is 18.1 Å². The normalized spacial score (nSPS) is 10.9. The van der Waals surface area contributed by atoms with Crippen molar-refractivity contribution in [2.45, 2.75) is 6.61 Å². The van der Waals surface area contributed by atoms with Crippen LogP contribution in [0.1, 0.15) is 21.6 Å². The second-order valence-corrected chi connectivity index (χ2v) is 7.61. The van der Waals surface area contributed by atoms with Crippen LogP contribution in [0.2, 0.25) is 5.02 Å². The maximum atomic E-state index is 12.4. The number of amides is 1. The first kappa shape index (κ1) is 22.9. The van der Waals surface area contributed by atoms with Crippen molar-refractivity contribution < 1.29 is 19.4 Å². The molecule has 3 N–H and O–H groups in total. The average Bonchev–Trinajstić information content (AvgIpc) is 3.35. The highest BCUT2D eigenvalue weighted by atomic mass is 35.5. The van der Waals surface area contributed by atoms with Crippen LogP contribution in [0.4, 0.5) is 0 Å². The maximum absolute atomic E-state index is 12.4. The highest BCUT2D eigenvalue weighted by molar-refractivity contribution is 6.31. The Labute approximate surface area is 200 Å². The van der Waals surface area contributed by atoms with Gasteiger partial charge in [-0.2, -0.15) is 10.2 Å². The van der Waals surface area contributed by atoms with E-state index in [-0.39, 0.29) is 11.4 Å². The van der Waals surface area contributed by atoms with Gasteiger partial charge in [-0.15, -0.1) is 0 Å². The third-order valence-electron chi connectivity index (χ3n) is 4.91. The lowest BCUT2D eigenvalue weighted by molar-refractivity contribution is 0.0950. The van der Waals surface area contributed by atoms with Crippen molar-refractivity contribution in [1.29, 1.82) is 0 Å². The first-order valence-electron chi connectivity index (χ1n) is 10.3. The average molecular weight is 477 g/mol. The zero-order valence-corrected chi connectivity index (χ0v) is 18.9. The molecule has 0 bridgehead atoms. The molecule has 3 aromatic carbocycles. The van der Waals surface area contributed by atoms with E-state index in [4.69, 9.17) is 21.1 Å². The van der Waals surface area contributed by atoms with E-state index in [1.807, 2.05) is 48.5 Å². The van der Waals surface area contributed by atoms with E-state index in [1.54, 1.807) is 18.2 Å². The summed E-state index contributed by atoms with van der Waals surface area (Å²) in [5.74, 6) is 0.584. The van der Waals surface area contributed by atoms with Crippen LogP contribution in [0.15, 0.2) is 77.9 Å². The number of aromatic nitrogens is 2. The van der Waals surface area contributed by atoms with Gasteiger partial charge >= 0.3 is 0 Å². The molecule has 0 atom stereocenters. The Kier molecular flexibility index (Phi) is 7.10. The molecule has 9 heteroatoms. The molecule has 1 amide bonds. The second kappa shape index (κ2) is 10.5. The Hall–Kier alpha value is -4.30. The van der Waals surface area contributed by atoms with Gasteiger partial charge < -0.3 is 14.6 Å². The molecule has 0 radical (unpaired) electrons. The molecule has 0 saturated carbocycles. The SMILES string of the molecule is COc1cc(/C=N/NC(=O)c2cc(-c3ccc(OCc4ccccc4Cl)cc3)n[nH]2)ccc1O. The first-order chi connectivity index (χ1) is 16.5. The first-order valence-corrected chi connectivity index (χ1v) is 10.6. The molecule has 1 heterocycles. The molecule has 8 nitrogen and oxygen atoms in total. The van der Waals surface area contributed by atoms with Crippen molar-refractivity contribution in [2.24, 2.45) is 5.10 Å². The largest absolute Gasteiger partial charge is 0.504 e. The number of halogens is 1. The number of carbonyl (C=O) groups is 1. The number of benzene rings is 3. The van der Waals surface area contributed by atoms with E-state index in [0.717, 1.165) is 11.1 Å². The van der Waals surface area contributed by atoms with Gasteiger partial charge in [0.15, 0.2) is 11.5 Å². The zero-order valence-electron chi connectivity index (χ0n) is 18.2. The monoisotopic (exact) mass is 476 g/mol. The van der Waals surface area contributed by atoms with Gasteiger partial charge in [0.05, 0.1) is 19.0 Å². The Balaban J connectivity index is 1.35. The van der Waals surface area contributed by atoms with E-state index in [2.05, 4.69) is 20.7 Å². The number of aromatic hydroxyl groups is 1. The number of carbonyl (C=O) groups excluding carboxylic acids is 1. The number of rotatable bonds is 8. The summed E-state index contributed by atoms with van der Waals surface area (Å²) in [4.78, 5) is 12.4. The number of H-pyrrole nitrogens is 1. The van der Waals surface area contributed by atoms with Gasteiger partial charge in [-0.05, 0) is 60.2 Å². The second-order valence-electron chi connectivity index (χ2n) is 7.20. The van der Waals surface area contributed by atoms with Crippen molar-refractivity contribution in [1.82, 2.24) is 15.6 Å². The molecule has 0 aliphatic heterocycles. The van der Waals surface area contributed by atoms with E-state index in [1.165, 1.54) is 19.4 Å². The molecule has 1 aromatic heterocycles. The molecule has 0 saturated heterocycles. The molecule has 4 aromatic rings. The summed E-state index contributed by atoms with van der Waals surface area (Å²) in [5.41, 5.74) is 5.68. The molecular weight excluding hydrogens is 456 g/mol. The number of phenols is 1. The molecule has 172 valence electrons. The van der Waals surface area contributed by atoms with Gasteiger partial charge in [-0.1, -0.05) is 29.8 Å². The Morgan fingerprint density at radius 3 is 2.71 bits per heavy atom. The molecule has 0 unspecified atom stereocenters. The van der Waals surface area contributed by atoms with Crippen molar-refractivity contribution in [3.63, 3.8) is 0 Å². The highest BCUT2D eigenvalue weighted by Crippen LogP contribution is 2.26. The van der Waals surface area contributed by atoms with Crippen molar-refractivity contribution >= 4 is 23.7 Å². The summed E-state index contributed by atoms with van der Waals surface area (Å²) in [6.45, 7) is 0.364. The summed E-state index contributed by atoms with van der Waals surface area (Å²) in [6, 6.07) is 21.3. The van der Waals surface area contributed by atoms with Gasteiger partial charge in [0, 0.05) is 16.1 Å². The number of nitrogens with one attached hydrogen (secondary N) is 2. The Bertz CT molecular complexity index is 1320. The summed E-state index contributed by atoms with van der Waals surface area (Å²) in [5, 5.41) is 21.1. The number of aromatic amines is 1. The Morgan fingerprint density at radius 2 is 1.94 bits per heavy atom. The van der Waals surface area contributed by atoms with Gasteiger partial charge in [-0.25, -0.2) is 5.43 Å². The summed E-state index contributed by atoms with van der Waals surface area (Å²) < 4.78 is 10.8. The van der Waals surface area contributed by atoms with E-state index < -0.39 is 5.91 Å². The fourth-order valence-corrected chi connectivity index (χ4v) is 3.27. The van der Waals surface area contributed by atoms with E-state index in [0.29, 0.717) is 34.4 Å². The molecule has 34 heavy (non-hydrogen) atoms. The predicted octanol–water partition coefficient (Wildman–Crippen LogP) is 4.79. The number of nitrogens with zero attached hydrogens (tertiary/aromatic N) is 2. The lowest BCUT2D eigenvalue weighted by Gasteiger charge is -2.08. The topological polar surface area (TPSA) is 109 Å². The third-order valence-corrected chi connectivity index (χ3v) is 5.28. The van der Waals surface area contributed by atoms with Crippen molar-refractivity contribution in [3.8, 4) is 28.5 Å². The number of methoxy groups -OCH3 is 1.